The van der Waals surface area contributed by atoms with Gasteiger partial charge in [0.2, 0.25) is 5.91 Å². The number of aromatic nitrogens is 2. The molecule has 2 atom stereocenters. The molecule has 8 rings (SSSR count). The fraction of sp³-hybridized carbons (Fsp3) is 0.488. The summed E-state index contributed by atoms with van der Waals surface area (Å²) in [6.45, 7) is 5.59. The number of rotatable bonds is 9. The van der Waals surface area contributed by atoms with Gasteiger partial charge in [0.1, 0.15) is 29.1 Å². The van der Waals surface area contributed by atoms with Crippen LogP contribution in [0.4, 0.5) is 15.9 Å². The number of hydrogen-bond acceptors (Lipinski definition) is 12. The Morgan fingerprint density at radius 2 is 1.67 bits per heavy atom. The monoisotopic (exact) mass is 829 g/mol. The number of carbonyl (C=O) groups excluding carboxylic acids is 4. The van der Waals surface area contributed by atoms with Crippen LogP contribution in [0.1, 0.15) is 88.7 Å². The van der Waals surface area contributed by atoms with E-state index in [9.17, 15) is 19.2 Å². The SMILES string of the molecule is N#Cc1ccc(OC2CCC(N3C(=O)CC[C@@H](N4C(=O)c5cc(N6CCN(CC7CCN(c8ccc(C(N)=O)nn8)CC7)CC6)cc(F)c5[C@H]4S)C3=O)CC2)cc1Cl. The Labute approximate surface area is 346 Å². The number of nitrogens with two attached hydrogens (primary N) is 1. The van der Waals surface area contributed by atoms with Crippen molar-refractivity contribution in [2.75, 3.05) is 55.6 Å². The second kappa shape index (κ2) is 16.7. The molecule has 0 radical (unpaired) electrons. The van der Waals surface area contributed by atoms with Crippen molar-refractivity contribution in [2.45, 2.75) is 74.9 Å². The van der Waals surface area contributed by atoms with Crippen LogP contribution < -0.4 is 20.3 Å². The summed E-state index contributed by atoms with van der Waals surface area (Å²) >= 11 is 10.9. The van der Waals surface area contributed by atoms with E-state index >= 15 is 4.39 Å². The number of piperidine rings is 2. The summed E-state index contributed by atoms with van der Waals surface area (Å²) in [6.07, 6.45) is 4.37. The summed E-state index contributed by atoms with van der Waals surface area (Å²) in [5.41, 5.74) is 6.78. The number of likely N-dealkylation sites (tertiary alicyclic amines) is 1. The second-order valence-corrected chi connectivity index (χ2v) is 16.7. The Morgan fingerprint density at radius 3 is 2.33 bits per heavy atom. The third-order valence-corrected chi connectivity index (χ3v) is 13.1. The number of amides is 4. The minimum atomic E-state index is -0.964. The standard InChI is InChI=1S/C41H45ClFN9O5S/c42-31-21-29(4-1-25(31)22-44)57-28-5-2-26(3-6-28)51-36(53)10-8-34(40(51)56)52-39(55)30-19-27(20-32(43)37(30)41(52)58)49-17-15-48(16-18-49)23-24-11-13-50(14-12-24)35-9-7-33(38(45)54)46-47-35/h1,4,7,9,19-21,24,26,28,34,41,58H,2-3,5-6,8,10-18,23H2,(H2,45,54)/t26?,28?,34-,41-/m1/s1. The molecule has 0 unspecified atom stereocenters. The van der Waals surface area contributed by atoms with Crippen LogP contribution in [0.5, 0.6) is 5.75 Å². The number of piperazine rings is 1. The van der Waals surface area contributed by atoms with E-state index in [-0.39, 0.29) is 47.7 Å². The molecule has 4 amide bonds. The highest BCUT2D eigenvalue weighted by atomic mass is 35.5. The Balaban J connectivity index is 0.853. The van der Waals surface area contributed by atoms with Gasteiger partial charge in [0, 0.05) is 75.6 Å². The molecule has 4 fully saturated rings. The van der Waals surface area contributed by atoms with Crippen LogP contribution in [0, 0.1) is 23.1 Å². The number of halogens is 2. The maximum Gasteiger partial charge on any atom is 0.269 e. The van der Waals surface area contributed by atoms with E-state index in [4.69, 9.17) is 40.0 Å². The molecule has 17 heteroatoms. The van der Waals surface area contributed by atoms with Crippen molar-refractivity contribution in [2.24, 2.45) is 11.7 Å². The van der Waals surface area contributed by atoms with Gasteiger partial charge in [0.05, 0.1) is 22.3 Å². The highest BCUT2D eigenvalue weighted by molar-refractivity contribution is 7.80. The van der Waals surface area contributed by atoms with Crippen LogP contribution in [-0.4, -0.2) is 113 Å². The lowest BCUT2D eigenvalue weighted by Gasteiger charge is -2.42. The molecule has 0 spiro atoms. The van der Waals surface area contributed by atoms with E-state index in [1.807, 2.05) is 6.07 Å². The molecular weight excluding hydrogens is 785 g/mol. The normalized spacial score (nSPS) is 24.6. The predicted molar refractivity (Wildman–Crippen MR) is 216 cm³/mol. The summed E-state index contributed by atoms with van der Waals surface area (Å²) in [5, 5.41) is 16.6. The molecular formula is C41H45ClFN9O5S. The van der Waals surface area contributed by atoms with Crippen molar-refractivity contribution in [3.8, 4) is 11.8 Å². The number of hydrogen-bond donors (Lipinski definition) is 2. The third kappa shape index (κ3) is 7.91. The van der Waals surface area contributed by atoms with Gasteiger partial charge >= 0.3 is 0 Å². The first-order chi connectivity index (χ1) is 28.0. The van der Waals surface area contributed by atoms with Crippen LogP contribution in [0.15, 0.2) is 42.5 Å². The van der Waals surface area contributed by atoms with Crippen molar-refractivity contribution < 1.29 is 28.3 Å². The van der Waals surface area contributed by atoms with Crippen LogP contribution in [0.3, 0.4) is 0 Å². The summed E-state index contributed by atoms with van der Waals surface area (Å²) in [7, 11) is 0. The lowest BCUT2D eigenvalue weighted by Crippen LogP contribution is -2.58. The predicted octanol–water partition coefficient (Wildman–Crippen LogP) is 4.57. The molecule has 1 saturated carbocycles. The van der Waals surface area contributed by atoms with E-state index in [2.05, 4.69) is 24.9 Å². The van der Waals surface area contributed by atoms with Crippen molar-refractivity contribution in [3.63, 3.8) is 0 Å². The number of nitrogens with zero attached hydrogens (tertiary/aromatic N) is 8. The minimum Gasteiger partial charge on any atom is -0.490 e. The average molecular weight is 830 g/mol. The van der Waals surface area contributed by atoms with Gasteiger partial charge in [-0.05, 0) is 87.3 Å². The van der Waals surface area contributed by atoms with Crippen LogP contribution in [0.25, 0.3) is 0 Å². The number of ether oxygens (including phenoxy) is 1. The molecule has 0 bridgehead atoms. The molecule has 5 aliphatic rings. The van der Waals surface area contributed by atoms with Crippen molar-refractivity contribution in [1.82, 2.24) is 24.9 Å². The quantitative estimate of drug-likeness (QED) is 0.229. The zero-order valence-electron chi connectivity index (χ0n) is 31.9. The Kier molecular flexibility index (Phi) is 11.5. The molecule has 5 heterocycles. The molecule has 304 valence electrons. The van der Waals surface area contributed by atoms with Gasteiger partial charge in [-0.25, -0.2) is 4.39 Å². The van der Waals surface area contributed by atoms with Crippen molar-refractivity contribution in [3.05, 3.63) is 75.7 Å². The molecule has 1 aliphatic carbocycles. The zero-order valence-corrected chi connectivity index (χ0v) is 33.6. The van der Waals surface area contributed by atoms with Crippen LogP contribution in [-0.2, 0) is 9.59 Å². The summed E-state index contributed by atoms with van der Waals surface area (Å²) < 4.78 is 22.1. The van der Waals surface area contributed by atoms with Gasteiger partial charge in [-0.3, -0.25) is 29.0 Å². The van der Waals surface area contributed by atoms with Crippen molar-refractivity contribution >= 4 is 59.4 Å². The molecule has 14 nitrogen and oxygen atoms in total. The lowest BCUT2D eigenvalue weighted by molar-refractivity contribution is -0.156. The van der Waals surface area contributed by atoms with Gasteiger partial charge in [-0.15, -0.1) is 22.8 Å². The minimum absolute atomic E-state index is 0.0925. The number of primary amides is 1. The fourth-order valence-corrected chi connectivity index (χ4v) is 9.89. The Hall–Kier alpha value is -4.98. The first kappa shape index (κ1) is 39.8. The molecule has 2 aromatic carbocycles. The Bertz CT molecular complexity index is 2130. The smallest absolute Gasteiger partial charge is 0.269 e. The van der Waals surface area contributed by atoms with E-state index < -0.39 is 35.0 Å². The summed E-state index contributed by atoms with van der Waals surface area (Å²) in [5.74, 6) is -0.508. The third-order valence-electron chi connectivity index (χ3n) is 12.3. The highest BCUT2D eigenvalue weighted by Crippen LogP contribution is 2.44. The molecule has 58 heavy (non-hydrogen) atoms. The van der Waals surface area contributed by atoms with Gasteiger partial charge < -0.3 is 25.2 Å². The van der Waals surface area contributed by atoms with Gasteiger partial charge in [-0.2, -0.15) is 5.26 Å². The highest BCUT2D eigenvalue weighted by Gasteiger charge is 2.49. The van der Waals surface area contributed by atoms with E-state index in [1.165, 1.54) is 15.9 Å². The maximum absolute atomic E-state index is 16.0. The first-order valence-electron chi connectivity index (χ1n) is 19.9. The molecule has 3 aromatic rings. The largest absolute Gasteiger partial charge is 0.490 e. The average Bonchev–Trinajstić information content (AvgIpc) is 3.48. The first-order valence-corrected chi connectivity index (χ1v) is 20.8. The van der Waals surface area contributed by atoms with Crippen LogP contribution >= 0.6 is 24.2 Å². The lowest BCUT2D eigenvalue weighted by atomic mass is 9.89. The number of thiol groups is 1. The van der Waals surface area contributed by atoms with Gasteiger partial charge in [0.15, 0.2) is 11.5 Å². The van der Waals surface area contributed by atoms with Gasteiger partial charge in [0.25, 0.3) is 17.7 Å². The van der Waals surface area contributed by atoms with Crippen molar-refractivity contribution in [1.29, 1.82) is 5.26 Å². The number of fused-ring (bicyclic) bond motifs is 1. The molecule has 4 aliphatic heterocycles. The molecule has 3 saturated heterocycles. The maximum atomic E-state index is 16.0. The van der Waals surface area contributed by atoms with E-state index in [1.54, 1.807) is 36.4 Å². The topological polar surface area (TPSA) is 169 Å². The Morgan fingerprint density at radius 1 is 0.931 bits per heavy atom. The number of benzene rings is 2. The second-order valence-electron chi connectivity index (χ2n) is 15.8. The number of nitriles is 1. The molecule has 1 aromatic heterocycles. The summed E-state index contributed by atoms with van der Waals surface area (Å²) in [6, 6.07) is 12.2. The number of carbonyl (C=O) groups is 4. The fourth-order valence-electron chi connectivity index (χ4n) is 9.15. The number of imide groups is 1. The van der Waals surface area contributed by atoms with E-state index in [0.717, 1.165) is 51.4 Å². The van der Waals surface area contributed by atoms with Crippen LogP contribution in [0.2, 0.25) is 5.02 Å². The summed E-state index contributed by atoms with van der Waals surface area (Å²) in [4.78, 5) is 62.1. The van der Waals surface area contributed by atoms with Gasteiger partial charge in [-0.1, -0.05) is 11.6 Å². The zero-order chi connectivity index (χ0) is 40.7. The number of anilines is 2. The molecule has 2 N–H and O–H groups in total. The van der Waals surface area contributed by atoms with E-state index in [0.29, 0.717) is 66.7 Å².